The highest BCUT2D eigenvalue weighted by molar-refractivity contribution is 5.73. The van der Waals surface area contributed by atoms with Crippen LogP contribution < -0.4 is 0 Å². The molecule has 0 amide bonds. The van der Waals surface area contributed by atoms with E-state index in [1.54, 1.807) is 0 Å². The summed E-state index contributed by atoms with van der Waals surface area (Å²) in [5, 5.41) is 8.81. The second-order valence-electron chi connectivity index (χ2n) is 4.86. The average Bonchev–Trinajstić information content (AvgIpc) is 2.85. The van der Waals surface area contributed by atoms with E-state index < -0.39 is 5.97 Å². The Morgan fingerprint density at radius 3 is 2.31 bits per heavy atom. The molecule has 1 N–H and O–H groups in total. The highest BCUT2D eigenvalue weighted by Gasteiger charge is 2.47. The van der Waals surface area contributed by atoms with Crippen molar-refractivity contribution in [2.24, 2.45) is 23.7 Å². The monoisotopic (exact) mass is 182 g/mol. The zero-order valence-corrected chi connectivity index (χ0v) is 8.20. The molecule has 0 radical (unpaired) electrons. The van der Waals surface area contributed by atoms with Crippen LogP contribution in [0.4, 0.5) is 0 Å². The third kappa shape index (κ3) is 1.87. The Bertz CT molecular complexity index is 204. The Balaban J connectivity index is 1.81. The van der Waals surface area contributed by atoms with E-state index in [0.29, 0.717) is 5.92 Å². The molecule has 0 bridgehead atoms. The van der Waals surface area contributed by atoms with E-state index in [1.807, 2.05) is 0 Å². The van der Waals surface area contributed by atoms with Gasteiger partial charge in [-0.05, 0) is 37.0 Å². The van der Waals surface area contributed by atoms with Crippen LogP contribution in [-0.2, 0) is 4.79 Å². The SMILES string of the molecule is CC1CCC(C2CC2C(=O)O)CC1. The first kappa shape index (κ1) is 9.04. The number of aliphatic carboxylic acids is 1. The fourth-order valence-corrected chi connectivity index (χ4v) is 2.73. The number of rotatable bonds is 2. The van der Waals surface area contributed by atoms with Crippen LogP contribution in [0.3, 0.4) is 0 Å². The summed E-state index contributed by atoms with van der Waals surface area (Å²) in [4.78, 5) is 10.7. The summed E-state index contributed by atoms with van der Waals surface area (Å²) in [6.07, 6.45) is 6.13. The van der Waals surface area contributed by atoms with Crippen LogP contribution in [-0.4, -0.2) is 11.1 Å². The number of carboxylic acid groups (broad SMARTS) is 1. The molecule has 2 unspecified atom stereocenters. The van der Waals surface area contributed by atoms with Gasteiger partial charge in [0, 0.05) is 0 Å². The molecule has 0 aromatic heterocycles. The van der Waals surface area contributed by atoms with E-state index in [9.17, 15) is 4.79 Å². The Labute approximate surface area is 79.3 Å². The van der Waals surface area contributed by atoms with Gasteiger partial charge in [0.05, 0.1) is 5.92 Å². The third-order valence-electron chi connectivity index (χ3n) is 3.82. The van der Waals surface area contributed by atoms with Crippen molar-refractivity contribution in [3.63, 3.8) is 0 Å². The molecule has 2 saturated carbocycles. The van der Waals surface area contributed by atoms with Crippen LogP contribution in [0.15, 0.2) is 0 Å². The van der Waals surface area contributed by atoms with E-state index >= 15 is 0 Å². The minimum atomic E-state index is -0.566. The van der Waals surface area contributed by atoms with Gasteiger partial charge < -0.3 is 5.11 Å². The van der Waals surface area contributed by atoms with Gasteiger partial charge in [-0.1, -0.05) is 19.8 Å². The van der Waals surface area contributed by atoms with Crippen LogP contribution in [0, 0.1) is 23.7 Å². The lowest BCUT2D eigenvalue weighted by atomic mass is 9.80. The first-order valence-electron chi connectivity index (χ1n) is 5.41. The second-order valence-corrected chi connectivity index (χ2v) is 4.86. The van der Waals surface area contributed by atoms with Crippen LogP contribution in [0.1, 0.15) is 39.0 Å². The largest absolute Gasteiger partial charge is 0.481 e. The minimum absolute atomic E-state index is 0.0124. The van der Waals surface area contributed by atoms with Gasteiger partial charge in [-0.25, -0.2) is 0 Å². The van der Waals surface area contributed by atoms with Gasteiger partial charge in [-0.2, -0.15) is 0 Å². The van der Waals surface area contributed by atoms with Crippen LogP contribution in [0.5, 0.6) is 0 Å². The average molecular weight is 182 g/mol. The fourth-order valence-electron chi connectivity index (χ4n) is 2.73. The van der Waals surface area contributed by atoms with Gasteiger partial charge in [-0.15, -0.1) is 0 Å². The summed E-state index contributed by atoms with van der Waals surface area (Å²) in [6, 6.07) is 0. The topological polar surface area (TPSA) is 37.3 Å². The molecule has 74 valence electrons. The standard InChI is InChI=1S/C11H18O2/c1-7-2-4-8(5-3-7)9-6-10(9)11(12)13/h7-10H,2-6H2,1H3,(H,12,13). The lowest BCUT2D eigenvalue weighted by Crippen LogP contribution is -2.16. The van der Waals surface area contributed by atoms with Crippen LogP contribution in [0.25, 0.3) is 0 Å². The van der Waals surface area contributed by atoms with Crippen molar-refractivity contribution in [3.8, 4) is 0 Å². The normalized spacial score (nSPS) is 44.4. The van der Waals surface area contributed by atoms with E-state index in [1.165, 1.54) is 25.7 Å². The fraction of sp³-hybridized carbons (Fsp3) is 0.909. The summed E-state index contributed by atoms with van der Waals surface area (Å²) in [7, 11) is 0. The van der Waals surface area contributed by atoms with Crippen molar-refractivity contribution in [1.29, 1.82) is 0 Å². The van der Waals surface area contributed by atoms with Crippen molar-refractivity contribution >= 4 is 5.97 Å². The van der Waals surface area contributed by atoms with E-state index in [0.717, 1.165) is 18.3 Å². The molecule has 2 heteroatoms. The van der Waals surface area contributed by atoms with Crippen LogP contribution in [0.2, 0.25) is 0 Å². The van der Waals surface area contributed by atoms with Gasteiger partial charge in [0.2, 0.25) is 0 Å². The molecule has 0 aromatic rings. The van der Waals surface area contributed by atoms with E-state index in [-0.39, 0.29) is 5.92 Å². The molecule has 0 heterocycles. The Kier molecular flexibility index (Phi) is 2.31. The first-order valence-corrected chi connectivity index (χ1v) is 5.41. The Morgan fingerprint density at radius 2 is 1.85 bits per heavy atom. The molecule has 0 saturated heterocycles. The van der Waals surface area contributed by atoms with Crippen LogP contribution >= 0.6 is 0 Å². The Morgan fingerprint density at radius 1 is 1.23 bits per heavy atom. The number of carboxylic acids is 1. The summed E-state index contributed by atoms with van der Waals surface area (Å²) >= 11 is 0. The van der Waals surface area contributed by atoms with Crippen molar-refractivity contribution in [3.05, 3.63) is 0 Å². The number of hydrogen-bond acceptors (Lipinski definition) is 1. The summed E-state index contributed by atoms with van der Waals surface area (Å²) in [5.74, 6) is 1.59. The first-order chi connectivity index (χ1) is 6.18. The molecule has 0 aliphatic heterocycles. The molecule has 0 spiro atoms. The molecule has 0 aromatic carbocycles. The number of carbonyl (C=O) groups is 1. The van der Waals surface area contributed by atoms with Crippen molar-refractivity contribution < 1.29 is 9.90 Å². The molecule has 13 heavy (non-hydrogen) atoms. The summed E-state index contributed by atoms with van der Waals surface area (Å²) in [6.45, 7) is 2.30. The summed E-state index contributed by atoms with van der Waals surface area (Å²) < 4.78 is 0. The Hall–Kier alpha value is -0.530. The third-order valence-corrected chi connectivity index (χ3v) is 3.82. The maximum absolute atomic E-state index is 10.7. The van der Waals surface area contributed by atoms with Gasteiger partial charge in [0.1, 0.15) is 0 Å². The zero-order chi connectivity index (χ0) is 9.42. The highest BCUT2D eigenvalue weighted by atomic mass is 16.4. The predicted molar refractivity (Wildman–Crippen MR) is 50.4 cm³/mol. The molecule has 2 nitrogen and oxygen atoms in total. The lowest BCUT2D eigenvalue weighted by Gasteiger charge is -2.26. The van der Waals surface area contributed by atoms with Crippen molar-refractivity contribution in [2.75, 3.05) is 0 Å². The van der Waals surface area contributed by atoms with Gasteiger partial charge >= 0.3 is 5.97 Å². The maximum Gasteiger partial charge on any atom is 0.306 e. The van der Waals surface area contributed by atoms with Gasteiger partial charge in [0.25, 0.3) is 0 Å². The molecular weight excluding hydrogens is 164 g/mol. The molecule has 2 aliphatic rings. The minimum Gasteiger partial charge on any atom is -0.481 e. The maximum atomic E-state index is 10.7. The molecule has 2 rings (SSSR count). The predicted octanol–water partition coefficient (Wildman–Crippen LogP) is 2.53. The lowest BCUT2D eigenvalue weighted by molar-refractivity contribution is -0.139. The van der Waals surface area contributed by atoms with E-state index in [4.69, 9.17) is 5.11 Å². The highest BCUT2D eigenvalue weighted by Crippen LogP contribution is 2.49. The number of hydrogen-bond donors (Lipinski definition) is 1. The van der Waals surface area contributed by atoms with Crippen molar-refractivity contribution in [1.82, 2.24) is 0 Å². The smallest absolute Gasteiger partial charge is 0.306 e. The summed E-state index contributed by atoms with van der Waals surface area (Å²) in [5.41, 5.74) is 0. The van der Waals surface area contributed by atoms with Gasteiger partial charge in [0.15, 0.2) is 0 Å². The zero-order valence-electron chi connectivity index (χ0n) is 8.20. The van der Waals surface area contributed by atoms with E-state index in [2.05, 4.69) is 6.92 Å². The second kappa shape index (κ2) is 3.32. The quantitative estimate of drug-likeness (QED) is 0.712. The van der Waals surface area contributed by atoms with Crippen molar-refractivity contribution in [2.45, 2.75) is 39.0 Å². The molecule has 2 fully saturated rings. The molecule has 2 aliphatic carbocycles. The van der Waals surface area contributed by atoms with Gasteiger partial charge in [-0.3, -0.25) is 4.79 Å². The molecule has 2 atom stereocenters. The molecular formula is C11H18O2.